The van der Waals surface area contributed by atoms with E-state index in [1.54, 1.807) is 4.90 Å². The molecule has 0 aromatic heterocycles. The molecule has 0 unspecified atom stereocenters. The summed E-state index contributed by atoms with van der Waals surface area (Å²) in [4.78, 5) is 13.9. The molecule has 1 aliphatic heterocycles. The van der Waals surface area contributed by atoms with Gasteiger partial charge < -0.3 is 10.2 Å². The van der Waals surface area contributed by atoms with Crippen molar-refractivity contribution in [3.8, 4) is 11.1 Å². The van der Waals surface area contributed by atoms with Gasteiger partial charge in [-0.1, -0.05) is 54.6 Å². The Balaban J connectivity index is 1.71. The molecule has 1 amide bonds. The third-order valence-corrected chi connectivity index (χ3v) is 4.01. The summed E-state index contributed by atoms with van der Waals surface area (Å²) in [6.07, 6.45) is 0.748. The van der Waals surface area contributed by atoms with Gasteiger partial charge in [0.25, 0.3) is 0 Å². The monoisotopic (exact) mass is 280 g/mol. The molecule has 1 aliphatic rings. The third-order valence-electron chi connectivity index (χ3n) is 4.01. The Bertz CT molecular complexity index is 607. The van der Waals surface area contributed by atoms with Crippen LogP contribution < -0.4 is 5.32 Å². The second kappa shape index (κ2) is 6.10. The summed E-state index contributed by atoms with van der Waals surface area (Å²) in [5.74, 6) is 0.188. The van der Waals surface area contributed by atoms with Crippen LogP contribution in [-0.4, -0.2) is 37.0 Å². The van der Waals surface area contributed by atoms with E-state index < -0.39 is 0 Å². The van der Waals surface area contributed by atoms with E-state index in [0.717, 1.165) is 19.5 Å². The molecule has 2 aromatic rings. The van der Waals surface area contributed by atoms with Gasteiger partial charge >= 0.3 is 0 Å². The number of piperazine rings is 1. The van der Waals surface area contributed by atoms with E-state index in [1.807, 2.05) is 25.2 Å². The lowest BCUT2D eigenvalue weighted by Crippen LogP contribution is -2.54. The number of rotatable bonds is 3. The van der Waals surface area contributed by atoms with Crippen LogP contribution in [0, 0.1) is 0 Å². The predicted molar refractivity (Wildman–Crippen MR) is 85.0 cm³/mol. The van der Waals surface area contributed by atoms with E-state index in [1.165, 1.54) is 16.7 Å². The van der Waals surface area contributed by atoms with Crippen molar-refractivity contribution in [3.63, 3.8) is 0 Å². The predicted octanol–water partition coefficient (Wildman–Crippen LogP) is 2.33. The molecule has 2 aromatic carbocycles. The Hall–Kier alpha value is -2.13. The summed E-state index contributed by atoms with van der Waals surface area (Å²) in [5, 5.41) is 3.30. The Morgan fingerprint density at radius 3 is 2.43 bits per heavy atom. The van der Waals surface area contributed by atoms with E-state index in [0.29, 0.717) is 0 Å². The fourth-order valence-electron chi connectivity index (χ4n) is 2.73. The SMILES string of the molecule is CN1CCN[C@H](Cc2ccc(-c3ccccc3)cc2)C1=O. The van der Waals surface area contributed by atoms with Crippen molar-refractivity contribution in [2.24, 2.45) is 0 Å². The molecule has 1 heterocycles. The first-order valence-corrected chi connectivity index (χ1v) is 7.37. The van der Waals surface area contributed by atoms with Gasteiger partial charge in [-0.3, -0.25) is 4.79 Å². The molecule has 0 radical (unpaired) electrons. The Morgan fingerprint density at radius 2 is 1.71 bits per heavy atom. The summed E-state index contributed by atoms with van der Waals surface area (Å²) in [5.41, 5.74) is 3.62. The molecule has 0 aliphatic carbocycles. The first-order valence-electron chi connectivity index (χ1n) is 7.37. The van der Waals surface area contributed by atoms with Crippen LogP contribution in [0.3, 0.4) is 0 Å². The van der Waals surface area contributed by atoms with Gasteiger partial charge in [0, 0.05) is 20.1 Å². The fraction of sp³-hybridized carbons (Fsp3) is 0.278. The van der Waals surface area contributed by atoms with Crippen molar-refractivity contribution >= 4 is 5.91 Å². The molecule has 0 saturated carbocycles. The minimum absolute atomic E-state index is 0.0914. The molecule has 3 heteroatoms. The van der Waals surface area contributed by atoms with E-state index in [-0.39, 0.29) is 11.9 Å². The number of nitrogens with zero attached hydrogens (tertiary/aromatic N) is 1. The zero-order valence-corrected chi connectivity index (χ0v) is 12.3. The van der Waals surface area contributed by atoms with Crippen LogP contribution in [0.1, 0.15) is 5.56 Å². The van der Waals surface area contributed by atoms with E-state index >= 15 is 0 Å². The second-order valence-corrected chi connectivity index (χ2v) is 5.53. The van der Waals surface area contributed by atoms with Gasteiger partial charge in [0.1, 0.15) is 0 Å². The first kappa shape index (κ1) is 13.8. The van der Waals surface area contributed by atoms with E-state index in [4.69, 9.17) is 0 Å². The van der Waals surface area contributed by atoms with Gasteiger partial charge in [-0.05, 0) is 23.1 Å². The van der Waals surface area contributed by atoms with Crippen molar-refractivity contribution in [1.29, 1.82) is 0 Å². The lowest BCUT2D eigenvalue weighted by Gasteiger charge is -2.30. The molecule has 3 nitrogen and oxygen atoms in total. The van der Waals surface area contributed by atoms with Crippen molar-refractivity contribution in [1.82, 2.24) is 10.2 Å². The van der Waals surface area contributed by atoms with E-state index in [2.05, 4.69) is 41.7 Å². The minimum atomic E-state index is -0.0914. The molecule has 1 N–H and O–H groups in total. The number of nitrogens with one attached hydrogen (secondary N) is 1. The molecule has 1 fully saturated rings. The van der Waals surface area contributed by atoms with Crippen LogP contribution in [0.4, 0.5) is 0 Å². The molecular weight excluding hydrogens is 260 g/mol. The van der Waals surface area contributed by atoms with Crippen LogP contribution in [-0.2, 0) is 11.2 Å². The highest BCUT2D eigenvalue weighted by Crippen LogP contribution is 2.20. The molecule has 0 spiro atoms. The first-order chi connectivity index (χ1) is 10.2. The van der Waals surface area contributed by atoms with Crippen molar-refractivity contribution < 1.29 is 4.79 Å². The topological polar surface area (TPSA) is 32.3 Å². The number of amides is 1. The van der Waals surface area contributed by atoms with Crippen LogP contribution in [0.15, 0.2) is 54.6 Å². The van der Waals surface area contributed by atoms with Crippen molar-refractivity contribution in [2.75, 3.05) is 20.1 Å². The van der Waals surface area contributed by atoms with Crippen molar-refractivity contribution in [2.45, 2.75) is 12.5 Å². The van der Waals surface area contributed by atoms with Crippen LogP contribution in [0.25, 0.3) is 11.1 Å². The fourth-order valence-corrected chi connectivity index (χ4v) is 2.73. The lowest BCUT2D eigenvalue weighted by atomic mass is 9.99. The standard InChI is InChI=1S/C18H20N2O/c1-20-12-11-19-17(18(20)21)13-14-7-9-16(10-8-14)15-5-3-2-4-6-15/h2-10,17,19H,11-13H2,1H3/t17-/m1/s1. The van der Waals surface area contributed by atoms with Crippen LogP contribution in [0.5, 0.6) is 0 Å². The highest BCUT2D eigenvalue weighted by Gasteiger charge is 2.25. The number of carbonyl (C=O) groups excluding carboxylic acids is 1. The molecule has 1 saturated heterocycles. The molecule has 21 heavy (non-hydrogen) atoms. The number of carbonyl (C=O) groups is 1. The van der Waals surface area contributed by atoms with Gasteiger partial charge in [-0.25, -0.2) is 0 Å². The Morgan fingerprint density at radius 1 is 1.05 bits per heavy atom. The van der Waals surface area contributed by atoms with Crippen LogP contribution in [0.2, 0.25) is 0 Å². The van der Waals surface area contributed by atoms with Crippen LogP contribution >= 0.6 is 0 Å². The summed E-state index contributed by atoms with van der Waals surface area (Å²) in [6, 6.07) is 18.7. The van der Waals surface area contributed by atoms with Gasteiger partial charge in [0.05, 0.1) is 6.04 Å². The maximum Gasteiger partial charge on any atom is 0.239 e. The molecule has 108 valence electrons. The van der Waals surface area contributed by atoms with E-state index in [9.17, 15) is 4.79 Å². The Labute approximate surface area is 125 Å². The summed E-state index contributed by atoms with van der Waals surface area (Å²) >= 11 is 0. The summed E-state index contributed by atoms with van der Waals surface area (Å²) in [7, 11) is 1.87. The van der Waals surface area contributed by atoms with Crippen molar-refractivity contribution in [3.05, 3.63) is 60.2 Å². The van der Waals surface area contributed by atoms with Gasteiger partial charge in [0.2, 0.25) is 5.91 Å². The minimum Gasteiger partial charge on any atom is -0.343 e. The maximum absolute atomic E-state index is 12.1. The Kier molecular flexibility index (Phi) is 4.02. The zero-order valence-electron chi connectivity index (χ0n) is 12.3. The van der Waals surface area contributed by atoms with Gasteiger partial charge in [-0.2, -0.15) is 0 Å². The normalized spacial score (nSPS) is 18.8. The highest BCUT2D eigenvalue weighted by atomic mass is 16.2. The number of benzene rings is 2. The molecule has 1 atom stereocenters. The van der Waals surface area contributed by atoms with Gasteiger partial charge in [0.15, 0.2) is 0 Å². The average Bonchev–Trinajstić information content (AvgIpc) is 2.53. The highest BCUT2D eigenvalue weighted by molar-refractivity contribution is 5.82. The molecule has 0 bridgehead atoms. The second-order valence-electron chi connectivity index (χ2n) is 5.53. The number of hydrogen-bond acceptors (Lipinski definition) is 2. The lowest BCUT2D eigenvalue weighted by molar-refractivity contribution is -0.134. The largest absolute Gasteiger partial charge is 0.343 e. The third kappa shape index (κ3) is 3.14. The zero-order chi connectivity index (χ0) is 14.7. The smallest absolute Gasteiger partial charge is 0.239 e. The maximum atomic E-state index is 12.1. The van der Waals surface area contributed by atoms with Gasteiger partial charge in [-0.15, -0.1) is 0 Å². The average molecular weight is 280 g/mol. The summed E-state index contributed by atoms with van der Waals surface area (Å²) < 4.78 is 0. The summed E-state index contributed by atoms with van der Waals surface area (Å²) in [6.45, 7) is 1.66. The molecular formula is C18H20N2O. The number of hydrogen-bond donors (Lipinski definition) is 1. The number of likely N-dealkylation sites (N-methyl/N-ethyl adjacent to an activating group) is 1. The quantitative estimate of drug-likeness (QED) is 0.936. The molecule has 3 rings (SSSR count).